The molecule has 0 radical (unpaired) electrons. The van der Waals surface area contributed by atoms with Crippen LogP contribution in [0.3, 0.4) is 0 Å². The van der Waals surface area contributed by atoms with Crippen molar-refractivity contribution in [3.63, 3.8) is 0 Å². The number of hydrogen-bond donors (Lipinski definition) is 1. The number of thiophene rings is 1. The standard InChI is InChI=1S/C11H10BrNO2S/c12-11-4-2-8(16-11)5-9(14)10-3-1-7(6-13)15-10/h1-4H,5-6,13H2. The van der Waals surface area contributed by atoms with Crippen molar-refractivity contribution in [1.29, 1.82) is 0 Å². The number of nitrogens with two attached hydrogens (primary N) is 1. The lowest BCUT2D eigenvalue weighted by atomic mass is 10.2. The van der Waals surface area contributed by atoms with Gasteiger partial charge in [0.2, 0.25) is 5.78 Å². The van der Waals surface area contributed by atoms with Gasteiger partial charge in [-0.05, 0) is 40.2 Å². The first-order valence-electron chi connectivity index (χ1n) is 4.75. The van der Waals surface area contributed by atoms with Crippen LogP contribution in [0.5, 0.6) is 0 Å². The third kappa shape index (κ3) is 2.61. The fourth-order valence-corrected chi connectivity index (χ4v) is 2.81. The molecule has 84 valence electrons. The average molecular weight is 300 g/mol. The number of ketones is 1. The van der Waals surface area contributed by atoms with Crippen LogP contribution in [0.4, 0.5) is 0 Å². The molecule has 0 saturated heterocycles. The first-order valence-corrected chi connectivity index (χ1v) is 6.36. The van der Waals surface area contributed by atoms with Crippen molar-refractivity contribution in [2.45, 2.75) is 13.0 Å². The van der Waals surface area contributed by atoms with E-state index in [1.54, 1.807) is 23.5 Å². The molecule has 2 N–H and O–H groups in total. The van der Waals surface area contributed by atoms with Gasteiger partial charge in [0.25, 0.3) is 0 Å². The number of furan rings is 1. The van der Waals surface area contributed by atoms with Crippen LogP contribution in [-0.4, -0.2) is 5.78 Å². The molecule has 3 nitrogen and oxygen atoms in total. The molecule has 16 heavy (non-hydrogen) atoms. The third-order valence-electron chi connectivity index (χ3n) is 2.10. The molecule has 0 spiro atoms. The van der Waals surface area contributed by atoms with Gasteiger partial charge in [-0.2, -0.15) is 0 Å². The molecule has 2 heterocycles. The Bertz CT molecular complexity index is 504. The van der Waals surface area contributed by atoms with E-state index in [1.807, 2.05) is 12.1 Å². The van der Waals surface area contributed by atoms with Gasteiger partial charge in [-0.3, -0.25) is 4.79 Å². The summed E-state index contributed by atoms with van der Waals surface area (Å²) in [4.78, 5) is 12.8. The van der Waals surface area contributed by atoms with E-state index in [2.05, 4.69) is 15.9 Å². The van der Waals surface area contributed by atoms with Gasteiger partial charge >= 0.3 is 0 Å². The van der Waals surface area contributed by atoms with Crippen LogP contribution in [0.1, 0.15) is 21.2 Å². The summed E-state index contributed by atoms with van der Waals surface area (Å²) in [5.41, 5.74) is 5.41. The Balaban J connectivity index is 2.08. The smallest absolute Gasteiger partial charge is 0.203 e. The summed E-state index contributed by atoms with van der Waals surface area (Å²) in [7, 11) is 0. The van der Waals surface area contributed by atoms with Crippen LogP contribution < -0.4 is 5.73 Å². The van der Waals surface area contributed by atoms with Crippen LogP contribution in [0, 0.1) is 0 Å². The van der Waals surface area contributed by atoms with Crippen molar-refractivity contribution in [3.05, 3.63) is 44.4 Å². The minimum atomic E-state index is -0.0194. The van der Waals surface area contributed by atoms with Gasteiger partial charge in [-0.25, -0.2) is 0 Å². The van der Waals surface area contributed by atoms with Crippen LogP contribution in [0.2, 0.25) is 0 Å². The number of Topliss-reactive ketones (excluding diaryl/α,β-unsaturated/α-hetero) is 1. The number of carbonyl (C=O) groups is 1. The predicted molar refractivity (Wildman–Crippen MR) is 66.7 cm³/mol. The summed E-state index contributed by atoms with van der Waals surface area (Å²) >= 11 is 4.91. The van der Waals surface area contributed by atoms with Crippen molar-refractivity contribution in [3.8, 4) is 0 Å². The molecule has 2 aromatic rings. The average Bonchev–Trinajstić information content (AvgIpc) is 2.87. The molecule has 0 aliphatic heterocycles. The highest BCUT2D eigenvalue weighted by Gasteiger charge is 2.12. The van der Waals surface area contributed by atoms with Gasteiger partial charge in [0.05, 0.1) is 10.3 Å². The van der Waals surface area contributed by atoms with Crippen LogP contribution in [0.25, 0.3) is 0 Å². The summed E-state index contributed by atoms with van der Waals surface area (Å²) in [6.07, 6.45) is 0.369. The molecule has 0 saturated carbocycles. The SMILES string of the molecule is NCc1ccc(C(=O)Cc2ccc(Br)s2)o1. The maximum atomic E-state index is 11.8. The zero-order valence-electron chi connectivity index (χ0n) is 8.40. The molecule has 5 heteroatoms. The van der Waals surface area contributed by atoms with Gasteiger partial charge < -0.3 is 10.2 Å². The quantitative estimate of drug-likeness (QED) is 0.883. The van der Waals surface area contributed by atoms with Crippen LogP contribution >= 0.6 is 27.3 Å². The van der Waals surface area contributed by atoms with E-state index in [9.17, 15) is 4.79 Å². The van der Waals surface area contributed by atoms with E-state index < -0.39 is 0 Å². The number of carbonyl (C=O) groups excluding carboxylic acids is 1. The van der Waals surface area contributed by atoms with E-state index >= 15 is 0 Å². The predicted octanol–water partition coefficient (Wildman–Crippen LogP) is 2.99. The van der Waals surface area contributed by atoms with Crippen LogP contribution in [-0.2, 0) is 13.0 Å². The number of halogens is 1. The molecule has 0 fully saturated rings. The highest BCUT2D eigenvalue weighted by atomic mass is 79.9. The summed E-state index contributed by atoms with van der Waals surface area (Å²) in [5, 5.41) is 0. The zero-order chi connectivity index (χ0) is 11.5. The molecule has 0 aromatic carbocycles. The van der Waals surface area contributed by atoms with Gasteiger partial charge in [-0.1, -0.05) is 0 Å². The molecule has 0 amide bonds. The fraction of sp³-hybridized carbons (Fsp3) is 0.182. The lowest BCUT2D eigenvalue weighted by Crippen LogP contribution is -2.00. The van der Waals surface area contributed by atoms with Gasteiger partial charge in [-0.15, -0.1) is 11.3 Å². The van der Waals surface area contributed by atoms with Crippen molar-refractivity contribution in [1.82, 2.24) is 0 Å². The monoisotopic (exact) mass is 299 g/mol. The van der Waals surface area contributed by atoms with E-state index in [0.717, 1.165) is 8.66 Å². The van der Waals surface area contributed by atoms with E-state index in [-0.39, 0.29) is 5.78 Å². The normalized spacial score (nSPS) is 10.6. The van der Waals surface area contributed by atoms with Crippen molar-refractivity contribution in [2.75, 3.05) is 0 Å². The Morgan fingerprint density at radius 2 is 2.19 bits per heavy atom. The molecule has 0 unspecified atom stereocenters. The highest BCUT2D eigenvalue weighted by Crippen LogP contribution is 2.23. The van der Waals surface area contributed by atoms with Crippen molar-refractivity contribution < 1.29 is 9.21 Å². The van der Waals surface area contributed by atoms with E-state index in [0.29, 0.717) is 24.5 Å². The Morgan fingerprint density at radius 3 is 2.75 bits per heavy atom. The maximum absolute atomic E-state index is 11.8. The second-order valence-corrected chi connectivity index (χ2v) is 5.82. The highest BCUT2D eigenvalue weighted by molar-refractivity contribution is 9.11. The first kappa shape index (κ1) is 11.6. The van der Waals surface area contributed by atoms with Crippen LogP contribution in [0.15, 0.2) is 32.5 Å². The largest absolute Gasteiger partial charge is 0.457 e. The van der Waals surface area contributed by atoms with E-state index in [4.69, 9.17) is 10.2 Å². The van der Waals surface area contributed by atoms with Gasteiger partial charge in [0.15, 0.2) is 5.76 Å². The Labute approximate surface area is 105 Å². The molecular formula is C11H10BrNO2S. The lowest BCUT2D eigenvalue weighted by molar-refractivity contribution is 0.0965. The van der Waals surface area contributed by atoms with Crippen molar-refractivity contribution >= 4 is 33.0 Å². The first-order chi connectivity index (χ1) is 7.69. The Kier molecular flexibility index (Phi) is 3.58. The van der Waals surface area contributed by atoms with Gasteiger partial charge in [0.1, 0.15) is 5.76 Å². The van der Waals surface area contributed by atoms with Crippen molar-refractivity contribution in [2.24, 2.45) is 5.73 Å². The second kappa shape index (κ2) is 4.95. The minimum absolute atomic E-state index is 0.0194. The minimum Gasteiger partial charge on any atom is -0.457 e. The molecule has 2 aromatic heterocycles. The second-order valence-electron chi connectivity index (χ2n) is 3.28. The summed E-state index contributed by atoms with van der Waals surface area (Å²) in [6, 6.07) is 7.27. The maximum Gasteiger partial charge on any atom is 0.203 e. The third-order valence-corrected chi connectivity index (χ3v) is 3.72. The molecule has 0 atom stereocenters. The molecule has 2 rings (SSSR count). The summed E-state index contributed by atoms with van der Waals surface area (Å²) in [6.45, 7) is 0.317. The molecule has 0 aliphatic rings. The van der Waals surface area contributed by atoms with E-state index in [1.165, 1.54) is 0 Å². The Hall–Kier alpha value is -0.910. The topological polar surface area (TPSA) is 56.2 Å². The summed E-state index contributed by atoms with van der Waals surface area (Å²) in [5.74, 6) is 0.995. The molecule has 0 bridgehead atoms. The zero-order valence-corrected chi connectivity index (χ0v) is 10.8. The molecular weight excluding hydrogens is 290 g/mol. The van der Waals surface area contributed by atoms with Gasteiger partial charge in [0, 0.05) is 11.3 Å². The number of hydrogen-bond acceptors (Lipinski definition) is 4. The number of rotatable bonds is 4. The lowest BCUT2D eigenvalue weighted by Gasteiger charge is -1.94. The Morgan fingerprint density at radius 1 is 1.38 bits per heavy atom. The molecule has 0 aliphatic carbocycles. The summed E-state index contributed by atoms with van der Waals surface area (Å²) < 4.78 is 6.32. The fourth-order valence-electron chi connectivity index (χ4n) is 1.33.